The third kappa shape index (κ3) is 1.96. The lowest BCUT2D eigenvalue weighted by molar-refractivity contribution is 0.620. The lowest BCUT2D eigenvalue weighted by Crippen LogP contribution is -2.09. The topological polar surface area (TPSA) is 40.2 Å². The van der Waals surface area contributed by atoms with Crippen LogP contribution in [0.5, 0.6) is 0 Å². The van der Waals surface area contributed by atoms with E-state index >= 15 is 0 Å². The van der Waals surface area contributed by atoms with Crippen LogP contribution >= 0.6 is 0 Å². The summed E-state index contributed by atoms with van der Waals surface area (Å²) in [7, 11) is 0. The maximum Gasteiger partial charge on any atom is 0.0861 e. The Morgan fingerprint density at radius 3 is 2.71 bits per heavy atom. The molecule has 0 aliphatic carbocycles. The summed E-state index contributed by atoms with van der Waals surface area (Å²) in [5.74, 6) is 0. The van der Waals surface area contributed by atoms with Gasteiger partial charge in [-0.25, -0.2) is 0 Å². The molecule has 1 aromatic heterocycles. The normalized spacial score (nSPS) is 18.9. The molecule has 0 fully saturated rings. The quantitative estimate of drug-likeness (QED) is 0.810. The van der Waals surface area contributed by atoms with Crippen molar-refractivity contribution in [2.45, 2.75) is 19.4 Å². The smallest absolute Gasteiger partial charge is 0.0861 e. The lowest BCUT2D eigenvalue weighted by Gasteiger charge is -2.09. The fraction of sp³-hybridized carbons (Fsp3) is 0.214. The number of nitrogens with zero attached hydrogens (tertiary/aromatic N) is 1. The molecular formula is C14H15N3. The molecule has 1 unspecified atom stereocenters. The predicted molar refractivity (Wildman–Crippen MR) is 69.0 cm³/mol. The zero-order chi connectivity index (χ0) is 11.7. The van der Waals surface area contributed by atoms with Gasteiger partial charge in [0.15, 0.2) is 0 Å². The standard InChI is InChI=1S/C14H15N3/c1-10-4-6-11(7-5-10)13-9-14(17-16-13)12-3-2-8-15-12/h2-8,13,15-16H,9H2,1H3. The van der Waals surface area contributed by atoms with Crippen LogP contribution in [-0.4, -0.2) is 10.7 Å². The van der Waals surface area contributed by atoms with Crippen LogP contribution in [0.2, 0.25) is 0 Å². The van der Waals surface area contributed by atoms with Gasteiger partial charge in [0.1, 0.15) is 0 Å². The minimum Gasteiger partial charge on any atom is -0.360 e. The Labute approximate surface area is 101 Å². The van der Waals surface area contributed by atoms with Crippen molar-refractivity contribution in [2.75, 3.05) is 0 Å². The van der Waals surface area contributed by atoms with Crippen molar-refractivity contribution < 1.29 is 0 Å². The fourth-order valence-corrected chi connectivity index (χ4v) is 2.11. The largest absolute Gasteiger partial charge is 0.360 e. The van der Waals surface area contributed by atoms with E-state index < -0.39 is 0 Å². The highest BCUT2D eigenvalue weighted by Gasteiger charge is 2.21. The van der Waals surface area contributed by atoms with Gasteiger partial charge in [0.05, 0.1) is 17.4 Å². The van der Waals surface area contributed by atoms with Crippen LogP contribution < -0.4 is 5.43 Å². The third-order valence-electron chi connectivity index (χ3n) is 3.14. The number of aromatic nitrogens is 1. The van der Waals surface area contributed by atoms with Gasteiger partial charge in [-0.2, -0.15) is 5.10 Å². The summed E-state index contributed by atoms with van der Waals surface area (Å²) in [5, 5.41) is 4.39. The molecule has 1 aliphatic rings. The lowest BCUT2D eigenvalue weighted by atomic mass is 10.0. The Balaban J connectivity index is 1.76. The summed E-state index contributed by atoms with van der Waals surface area (Å²) in [6.07, 6.45) is 2.86. The number of benzene rings is 1. The molecule has 0 spiro atoms. The monoisotopic (exact) mass is 225 g/mol. The van der Waals surface area contributed by atoms with Gasteiger partial charge in [-0.15, -0.1) is 0 Å². The van der Waals surface area contributed by atoms with Gasteiger partial charge in [-0.1, -0.05) is 29.8 Å². The molecule has 3 rings (SSSR count). The molecule has 17 heavy (non-hydrogen) atoms. The number of hydrazone groups is 1. The van der Waals surface area contributed by atoms with Crippen molar-refractivity contribution >= 4 is 5.71 Å². The zero-order valence-electron chi connectivity index (χ0n) is 9.77. The van der Waals surface area contributed by atoms with Crippen molar-refractivity contribution in [1.82, 2.24) is 10.4 Å². The van der Waals surface area contributed by atoms with Crippen LogP contribution in [0.3, 0.4) is 0 Å². The Kier molecular flexibility index (Phi) is 2.44. The first-order chi connectivity index (χ1) is 8.33. The number of rotatable bonds is 2. The summed E-state index contributed by atoms with van der Waals surface area (Å²) in [6.45, 7) is 2.10. The third-order valence-corrected chi connectivity index (χ3v) is 3.14. The highest BCUT2D eigenvalue weighted by molar-refractivity contribution is 6.00. The van der Waals surface area contributed by atoms with E-state index in [1.54, 1.807) is 0 Å². The van der Waals surface area contributed by atoms with E-state index in [1.807, 2.05) is 12.3 Å². The van der Waals surface area contributed by atoms with E-state index in [1.165, 1.54) is 11.1 Å². The molecule has 0 saturated carbocycles. The van der Waals surface area contributed by atoms with Crippen LogP contribution in [0.4, 0.5) is 0 Å². The zero-order valence-corrected chi connectivity index (χ0v) is 9.77. The highest BCUT2D eigenvalue weighted by atomic mass is 15.3. The van der Waals surface area contributed by atoms with Crippen LogP contribution in [0.25, 0.3) is 0 Å². The molecule has 1 aromatic carbocycles. The highest BCUT2D eigenvalue weighted by Crippen LogP contribution is 2.23. The second kappa shape index (κ2) is 4.09. The van der Waals surface area contributed by atoms with Crippen LogP contribution in [0.1, 0.15) is 29.3 Å². The molecule has 1 aliphatic heterocycles. The molecule has 86 valence electrons. The molecule has 2 N–H and O–H groups in total. The van der Waals surface area contributed by atoms with Crippen molar-refractivity contribution in [1.29, 1.82) is 0 Å². The van der Waals surface area contributed by atoms with Gasteiger partial charge in [0.2, 0.25) is 0 Å². The first-order valence-corrected chi connectivity index (χ1v) is 5.85. The minimum atomic E-state index is 0.300. The SMILES string of the molecule is Cc1ccc(C2CC(c3ccc[nH]3)=NN2)cc1. The fourth-order valence-electron chi connectivity index (χ4n) is 2.11. The van der Waals surface area contributed by atoms with E-state index in [2.05, 4.69) is 52.8 Å². The summed E-state index contributed by atoms with van der Waals surface area (Å²) in [4.78, 5) is 3.19. The molecule has 0 saturated heterocycles. The Hall–Kier alpha value is -2.03. The van der Waals surface area contributed by atoms with Crippen molar-refractivity contribution in [3.63, 3.8) is 0 Å². The Morgan fingerprint density at radius 2 is 2.00 bits per heavy atom. The second-order valence-electron chi connectivity index (χ2n) is 4.44. The number of H-pyrrole nitrogens is 1. The van der Waals surface area contributed by atoms with E-state index in [-0.39, 0.29) is 0 Å². The molecule has 3 nitrogen and oxygen atoms in total. The van der Waals surface area contributed by atoms with Crippen LogP contribution in [0, 0.1) is 6.92 Å². The Bertz CT molecular complexity index is 523. The number of hydrogen-bond donors (Lipinski definition) is 2. The number of hydrogen-bond acceptors (Lipinski definition) is 2. The van der Waals surface area contributed by atoms with Crippen molar-refractivity contribution in [3.05, 3.63) is 59.4 Å². The minimum absolute atomic E-state index is 0.300. The van der Waals surface area contributed by atoms with Gasteiger partial charge >= 0.3 is 0 Å². The molecular weight excluding hydrogens is 210 g/mol. The number of aromatic amines is 1. The van der Waals surface area contributed by atoms with Gasteiger partial charge in [0, 0.05) is 12.6 Å². The van der Waals surface area contributed by atoms with Crippen molar-refractivity contribution in [2.24, 2.45) is 5.10 Å². The number of nitrogens with one attached hydrogen (secondary N) is 2. The van der Waals surface area contributed by atoms with Crippen molar-refractivity contribution in [3.8, 4) is 0 Å². The van der Waals surface area contributed by atoms with Crippen LogP contribution in [0.15, 0.2) is 47.7 Å². The van der Waals surface area contributed by atoms with E-state index in [4.69, 9.17) is 0 Å². The van der Waals surface area contributed by atoms with E-state index in [0.717, 1.165) is 17.8 Å². The second-order valence-corrected chi connectivity index (χ2v) is 4.44. The summed E-state index contributed by atoms with van der Waals surface area (Å²) < 4.78 is 0. The van der Waals surface area contributed by atoms with E-state index in [9.17, 15) is 0 Å². The molecule has 3 heteroatoms. The molecule has 1 atom stereocenters. The van der Waals surface area contributed by atoms with E-state index in [0.29, 0.717) is 6.04 Å². The number of aryl methyl sites for hydroxylation is 1. The van der Waals surface area contributed by atoms with Gasteiger partial charge < -0.3 is 10.4 Å². The summed E-state index contributed by atoms with van der Waals surface area (Å²) in [5.41, 5.74) is 7.98. The van der Waals surface area contributed by atoms with Gasteiger partial charge in [0.25, 0.3) is 0 Å². The van der Waals surface area contributed by atoms with Gasteiger partial charge in [-0.3, -0.25) is 0 Å². The van der Waals surface area contributed by atoms with Gasteiger partial charge in [-0.05, 0) is 24.6 Å². The maximum atomic E-state index is 4.39. The first-order valence-electron chi connectivity index (χ1n) is 5.85. The van der Waals surface area contributed by atoms with Crippen LogP contribution in [-0.2, 0) is 0 Å². The molecule has 0 radical (unpaired) electrons. The summed E-state index contributed by atoms with van der Waals surface area (Å²) in [6, 6.07) is 13.0. The molecule has 0 bridgehead atoms. The molecule has 2 aromatic rings. The Morgan fingerprint density at radius 1 is 1.18 bits per heavy atom. The average Bonchev–Trinajstić information content (AvgIpc) is 3.00. The maximum absolute atomic E-state index is 4.39. The predicted octanol–water partition coefficient (Wildman–Crippen LogP) is 2.76. The average molecular weight is 225 g/mol. The first kappa shape index (κ1) is 10.1. The molecule has 2 heterocycles. The molecule has 0 amide bonds. The summed E-state index contributed by atoms with van der Waals surface area (Å²) >= 11 is 0.